The highest BCUT2D eigenvalue weighted by Crippen LogP contribution is 2.27. The van der Waals surface area contributed by atoms with Gasteiger partial charge in [-0.05, 0) is 11.1 Å². The molecule has 0 heterocycles. The maximum absolute atomic E-state index is 9.71. The van der Waals surface area contributed by atoms with Gasteiger partial charge in [0.1, 0.15) is 5.60 Å². The highest BCUT2D eigenvalue weighted by Gasteiger charge is 2.28. The van der Waals surface area contributed by atoms with Gasteiger partial charge in [0.25, 0.3) is 0 Å². The zero-order valence-electron chi connectivity index (χ0n) is 10.8. The molecule has 2 aromatic rings. The topological polar surface area (TPSA) is 29.5 Å². The van der Waals surface area contributed by atoms with E-state index in [1.54, 1.807) is 6.08 Å². The van der Waals surface area contributed by atoms with Crippen LogP contribution in [0.5, 0.6) is 0 Å². The lowest BCUT2D eigenvalue weighted by atomic mass is 9.94. The van der Waals surface area contributed by atoms with Crippen molar-refractivity contribution in [2.45, 2.75) is 12.2 Å². The predicted molar refractivity (Wildman–Crippen MR) is 76.6 cm³/mol. The molecule has 0 aliphatic rings. The molecule has 98 valence electrons. The third kappa shape index (κ3) is 3.11. The molecule has 1 N–H and O–H groups in total. The van der Waals surface area contributed by atoms with E-state index in [-0.39, 0.29) is 6.61 Å². The average Bonchev–Trinajstić information content (AvgIpc) is 2.51. The molecule has 2 aromatic carbocycles. The van der Waals surface area contributed by atoms with Gasteiger partial charge in [-0.25, -0.2) is 0 Å². The lowest BCUT2D eigenvalue weighted by Crippen LogP contribution is -2.31. The monoisotopic (exact) mass is 254 g/mol. The minimum absolute atomic E-state index is 0.132. The molecule has 2 rings (SSSR count). The lowest BCUT2D eigenvalue weighted by molar-refractivity contribution is -0.0597. The Kier molecular flexibility index (Phi) is 4.50. The summed E-state index contributed by atoms with van der Waals surface area (Å²) in [6, 6.07) is 19.5. The second-order valence-electron chi connectivity index (χ2n) is 4.39. The Bertz CT molecular complexity index is 507. The van der Waals surface area contributed by atoms with Crippen molar-refractivity contribution in [3.63, 3.8) is 0 Å². The van der Waals surface area contributed by atoms with E-state index in [0.29, 0.717) is 6.61 Å². The van der Waals surface area contributed by atoms with E-state index in [1.807, 2.05) is 60.7 Å². The summed E-state index contributed by atoms with van der Waals surface area (Å²) in [5.41, 5.74) is 1.12. The largest absolute Gasteiger partial charge is 0.393 e. The molecule has 2 heteroatoms. The normalized spacial score (nSPS) is 13.7. The number of rotatable bonds is 6. The van der Waals surface area contributed by atoms with E-state index < -0.39 is 5.60 Å². The van der Waals surface area contributed by atoms with Crippen molar-refractivity contribution in [2.24, 2.45) is 0 Å². The molecule has 0 radical (unpaired) electrons. The van der Waals surface area contributed by atoms with Gasteiger partial charge in [0.2, 0.25) is 0 Å². The Labute approximate surface area is 114 Å². The molecule has 0 spiro atoms. The molecule has 2 nitrogen and oxygen atoms in total. The molecule has 0 aliphatic heterocycles. The van der Waals surface area contributed by atoms with E-state index in [4.69, 9.17) is 4.74 Å². The average molecular weight is 254 g/mol. The molecule has 0 aromatic heterocycles. The Morgan fingerprint density at radius 2 is 1.58 bits per heavy atom. The predicted octanol–water partition coefficient (Wildman–Crippen LogP) is 3.28. The van der Waals surface area contributed by atoms with Crippen LogP contribution in [0.25, 0.3) is 0 Å². The van der Waals surface area contributed by atoms with Gasteiger partial charge >= 0.3 is 0 Å². The van der Waals surface area contributed by atoms with Crippen molar-refractivity contribution in [3.05, 3.63) is 84.4 Å². The molecule has 0 fully saturated rings. The first kappa shape index (κ1) is 13.5. The molecule has 0 bridgehead atoms. The minimum atomic E-state index is -0.850. The smallest absolute Gasteiger partial charge is 0.134 e. The van der Waals surface area contributed by atoms with Gasteiger partial charge in [0.05, 0.1) is 13.2 Å². The standard InChI is InChI=1S/C17H18O2/c1-2-17(14-18,16-11-7-4-8-12-16)19-13-15-9-5-3-6-10-15/h2-12,18H,1,13-14H2. The van der Waals surface area contributed by atoms with Crippen molar-refractivity contribution in [2.75, 3.05) is 6.61 Å². The summed E-state index contributed by atoms with van der Waals surface area (Å²) in [5, 5.41) is 9.71. The van der Waals surface area contributed by atoms with E-state index in [9.17, 15) is 5.11 Å². The molecular weight excluding hydrogens is 236 g/mol. The fraction of sp³-hybridized carbons (Fsp3) is 0.176. The van der Waals surface area contributed by atoms with Crippen molar-refractivity contribution in [1.29, 1.82) is 0 Å². The number of benzene rings is 2. The summed E-state index contributed by atoms with van der Waals surface area (Å²) < 4.78 is 5.93. The maximum Gasteiger partial charge on any atom is 0.134 e. The number of ether oxygens (including phenoxy) is 1. The van der Waals surface area contributed by atoms with Crippen LogP contribution in [0, 0.1) is 0 Å². The van der Waals surface area contributed by atoms with Crippen LogP contribution in [0.2, 0.25) is 0 Å². The molecule has 19 heavy (non-hydrogen) atoms. The van der Waals surface area contributed by atoms with Crippen molar-refractivity contribution < 1.29 is 9.84 Å². The van der Waals surface area contributed by atoms with Crippen LogP contribution in [0.3, 0.4) is 0 Å². The summed E-state index contributed by atoms with van der Waals surface area (Å²) in [6.07, 6.45) is 1.66. The third-order valence-corrected chi connectivity index (χ3v) is 3.17. The van der Waals surface area contributed by atoms with E-state index in [1.165, 1.54) is 0 Å². The van der Waals surface area contributed by atoms with Crippen molar-refractivity contribution in [3.8, 4) is 0 Å². The second kappa shape index (κ2) is 6.32. The van der Waals surface area contributed by atoms with Gasteiger partial charge in [-0.15, -0.1) is 0 Å². The summed E-state index contributed by atoms with van der Waals surface area (Å²) in [5.74, 6) is 0. The summed E-state index contributed by atoms with van der Waals surface area (Å²) >= 11 is 0. The van der Waals surface area contributed by atoms with Crippen LogP contribution in [-0.2, 0) is 16.9 Å². The molecule has 0 saturated heterocycles. The van der Waals surface area contributed by atoms with Gasteiger partial charge < -0.3 is 9.84 Å². The highest BCUT2D eigenvalue weighted by atomic mass is 16.5. The molecule has 0 aliphatic carbocycles. The van der Waals surface area contributed by atoms with Crippen LogP contribution in [0.4, 0.5) is 0 Å². The lowest BCUT2D eigenvalue weighted by Gasteiger charge is -2.29. The fourth-order valence-corrected chi connectivity index (χ4v) is 1.97. The SMILES string of the molecule is C=CC(CO)(OCc1ccccc1)c1ccccc1. The van der Waals surface area contributed by atoms with Crippen LogP contribution in [0.1, 0.15) is 11.1 Å². The molecule has 1 unspecified atom stereocenters. The molecule has 1 atom stereocenters. The van der Waals surface area contributed by atoms with Crippen LogP contribution in [0.15, 0.2) is 73.3 Å². The van der Waals surface area contributed by atoms with E-state index >= 15 is 0 Å². The third-order valence-electron chi connectivity index (χ3n) is 3.17. The van der Waals surface area contributed by atoms with Gasteiger partial charge in [-0.3, -0.25) is 0 Å². The van der Waals surface area contributed by atoms with E-state index in [2.05, 4.69) is 6.58 Å². The van der Waals surface area contributed by atoms with Gasteiger partial charge in [0.15, 0.2) is 0 Å². The number of aliphatic hydroxyl groups excluding tert-OH is 1. The van der Waals surface area contributed by atoms with Crippen LogP contribution < -0.4 is 0 Å². The Morgan fingerprint density at radius 1 is 1.00 bits per heavy atom. The minimum Gasteiger partial charge on any atom is -0.393 e. The van der Waals surface area contributed by atoms with Crippen molar-refractivity contribution >= 4 is 0 Å². The second-order valence-corrected chi connectivity index (χ2v) is 4.39. The molecular formula is C17H18O2. The number of hydrogen-bond donors (Lipinski definition) is 1. The Morgan fingerprint density at radius 3 is 2.11 bits per heavy atom. The molecule has 0 saturated carbocycles. The Balaban J connectivity index is 2.19. The number of hydrogen-bond acceptors (Lipinski definition) is 2. The van der Waals surface area contributed by atoms with E-state index in [0.717, 1.165) is 11.1 Å². The first-order valence-electron chi connectivity index (χ1n) is 6.28. The fourth-order valence-electron chi connectivity index (χ4n) is 1.97. The van der Waals surface area contributed by atoms with Gasteiger partial charge in [-0.2, -0.15) is 0 Å². The van der Waals surface area contributed by atoms with Gasteiger partial charge in [-0.1, -0.05) is 73.3 Å². The van der Waals surface area contributed by atoms with Gasteiger partial charge in [0, 0.05) is 0 Å². The van der Waals surface area contributed by atoms with Crippen molar-refractivity contribution in [1.82, 2.24) is 0 Å². The zero-order chi connectivity index (χ0) is 13.6. The maximum atomic E-state index is 9.71. The number of aliphatic hydroxyl groups is 1. The zero-order valence-corrected chi connectivity index (χ0v) is 10.8. The summed E-state index contributed by atoms with van der Waals surface area (Å²) in [4.78, 5) is 0. The summed E-state index contributed by atoms with van der Waals surface area (Å²) in [6.45, 7) is 4.11. The molecule has 0 amide bonds. The Hall–Kier alpha value is -1.90. The van der Waals surface area contributed by atoms with Crippen LogP contribution in [-0.4, -0.2) is 11.7 Å². The quantitative estimate of drug-likeness (QED) is 0.802. The first-order valence-corrected chi connectivity index (χ1v) is 6.28. The first-order chi connectivity index (χ1) is 9.30. The summed E-state index contributed by atoms with van der Waals surface area (Å²) in [7, 11) is 0. The van der Waals surface area contributed by atoms with Crippen LogP contribution >= 0.6 is 0 Å². The highest BCUT2D eigenvalue weighted by molar-refractivity contribution is 5.27.